The average molecular weight is 1010 g/mol. The highest BCUT2D eigenvalue weighted by Crippen LogP contribution is 2.13. The van der Waals surface area contributed by atoms with Gasteiger partial charge in [-0.3, -0.25) is 14.4 Å². The average Bonchev–Trinajstić information content (AvgIpc) is 3.39. The molecule has 0 spiro atoms. The highest BCUT2D eigenvalue weighted by Gasteiger charge is 2.19. The monoisotopic (exact) mass is 1010 g/mol. The van der Waals surface area contributed by atoms with Gasteiger partial charge in [0.25, 0.3) is 0 Å². The fraction of sp³-hybridized carbons (Fsp3) is 0.597. The number of allylic oxidation sites excluding steroid dienone is 24. The highest BCUT2D eigenvalue weighted by atomic mass is 16.6. The quantitative estimate of drug-likeness (QED) is 0.0261. The van der Waals surface area contributed by atoms with Gasteiger partial charge in [0.15, 0.2) is 6.10 Å². The fourth-order valence-electron chi connectivity index (χ4n) is 7.47. The molecule has 1 atom stereocenters. The fourth-order valence-corrected chi connectivity index (χ4v) is 7.47. The summed E-state index contributed by atoms with van der Waals surface area (Å²) in [7, 11) is 0. The number of hydrogen-bond donors (Lipinski definition) is 0. The van der Waals surface area contributed by atoms with Crippen molar-refractivity contribution in [1.82, 2.24) is 0 Å². The van der Waals surface area contributed by atoms with E-state index in [1.807, 2.05) is 0 Å². The summed E-state index contributed by atoms with van der Waals surface area (Å²) in [5.74, 6) is -0.990. The first-order valence-electron chi connectivity index (χ1n) is 29.3. The summed E-state index contributed by atoms with van der Waals surface area (Å²) in [5, 5.41) is 0. The maximum atomic E-state index is 12.9. The third-order valence-electron chi connectivity index (χ3n) is 11.8. The molecule has 410 valence electrons. The topological polar surface area (TPSA) is 78.9 Å². The summed E-state index contributed by atoms with van der Waals surface area (Å²) in [5.41, 5.74) is 0. The smallest absolute Gasteiger partial charge is 0.306 e. The van der Waals surface area contributed by atoms with Gasteiger partial charge >= 0.3 is 17.9 Å². The third-order valence-corrected chi connectivity index (χ3v) is 11.8. The Kier molecular flexibility index (Phi) is 56.0. The number of carbonyl (C=O) groups excluding carboxylic acids is 3. The van der Waals surface area contributed by atoms with E-state index in [1.54, 1.807) is 0 Å². The molecular formula is C67H106O6. The Labute approximate surface area is 448 Å². The maximum absolute atomic E-state index is 12.9. The first-order chi connectivity index (χ1) is 36.0. The minimum absolute atomic E-state index is 0.112. The first kappa shape index (κ1) is 68.3. The summed E-state index contributed by atoms with van der Waals surface area (Å²) < 4.78 is 16.8. The van der Waals surface area contributed by atoms with Crippen molar-refractivity contribution in [2.45, 2.75) is 245 Å². The molecule has 73 heavy (non-hydrogen) atoms. The molecule has 0 bridgehead atoms. The summed E-state index contributed by atoms with van der Waals surface area (Å²) >= 11 is 0. The molecule has 0 rings (SSSR count). The second kappa shape index (κ2) is 59.8. The molecule has 0 fully saturated rings. The van der Waals surface area contributed by atoms with Gasteiger partial charge in [-0.1, -0.05) is 224 Å². The maximum Gasteiger partial charge on any atom is 0.306 e. The van der Waals surface area contributed by atoms with Gasteiger partial charge in [0.05, 0.1) is 0 Å². The Bertz CT molecular complexity index is 1630. The van der Waals surface area contributed by atoms with Gasteiger partial charge in [-0.15, -0.1) is 0 Å². The van der Waals surface area contributed by atoms with Crippen LogP contribution in [0.5, 0.6) is 0 Å². The van der Waals surface area contributed by atoms with E-state index in [4.69, 9.17) is 14.2 Å². The predicted octanol–water partition coefficient (Wildman–Crippen LogP) is 20.0. The van der Waals surface area contributed by atoms with Crippen LogP contribution in [0.25, 0.3) is 0 Å². The molecule has 0 aliphatic heterocycles. The molecule has 0 aromatic heterocycles. The Hall–Kier alpha value is -4.71. The Morgan fingerprint density at radius 2 is 0.534 bits per heavy atom. The van der Waals surface area contributed by atoms with Gasteiger partial charge < -0.3 is 14.2 Å². The van der Waals surface area contributed by atoms with Crippen molar-refractivity contribution >= 4 is 17.9 Å². The third kappa shape index (κ3) is 58.1. The normalized spacial score (nSPS) is 13.2. The standard InChI is InChI=1S/C67H106O6/c1-4-7-10-13-16-19-22-25-28-31-33-36-39-42-45-48-51-54-57-60-66(69)72-63-64(62-71-65(68)59-56-53-50-47-44-41-38-35-30-27-24-21-18-15-12-9-6-3)73-67(70)61-58-55-52-49-46-43-40-37-34-32-29-26-23-20-17-14-11-8-5-2/h7-8,10-11,16-21,25-30,33-34,36-37,42-43,45-46,64H,4-6,9,12-15,22-24,31-32,35,38-41,44,47-63H2,1-3H3/b10-7+,11-8+,19-16+,20-17+,21-18+,28-25+,29-26+,30-27+,36-33+,37-34+,45-42+,46-43+/t64-/m1/s1. The lowest BCUT2D eigenvalue weighted by Crippen LogP contribution is -2.30. The van der Waals surface area contributed by atoms with Crippen molar-refractivity contribution in [3.8, 4) is 0 Å². The lowest BCUT2D eigenvalue weighted by atomic mass is 10.1. The molecule has 0 amide bonds. The molecule has 6 heteroatoms. The molecule has 0 N–H and O–H groups in total. The van der Waals surface area contributed by atoms with Crippen molar-refractivity contribution in [2.75, 3.05) is 13.2 Å². The summed E-state index contributed by atoms with van der Waals surface area (Å²) in [4.78, 5) is 38.2. The van der Waals surface area contributed by atoms with Gasteiger partial charge in [-0.25, -0.2) is 0 Å². The van der Waals surface area contributed by atoms with E-state index < -0.39 is 6.10 Å². The van der Waals surface area contributed by atoms with E-state index in [0.29, 0.717) is 19.3 Å². The Morgan fingerprint density at radius 3 is 0.849 bits per heavy atom. The van der Waals surface area contributed by atoms with E-state index in [-0.39, 0.29) is 37.5 Å². The van der Waals surface area contributed by atoms with Crippen LogP contribution in [-0.4, -0.2) is 37.2 Å². The Morgan fingerprint density at radius 1 is 0.288 bits per heavy atom. The lowest BCUT2D eigenvalue weighted by Gasteiger charge is -2.18. The molecule has 6 nitrogen and oxygen atoms in total. The van der Waals surface area contributed by atoms with Crippen LogP contribution >= 0.6 is 0 Å². The van der Waals surface area contributed by atoms with Gasteiger partial charge in [-0.2, -0.15) is 0 Å². The number of carbonyl (C=O) groups is 3. The second-order valence-corrected chi connectivity index (χ2v) is 18.8. The van der Waals surface area contributed by atoms with Gasteiger partial charge in [0, 0.05) is 19.3 Å². The number of hydrogen-bond acceptors (Lipinski definition) is 6. The predicted molar refractivity (Wildman–Crippen MR) is 315 cm³/mol. The molecule has 0 aliphatic carbocycles. The van der Waals surface area contributed by atoms with Crippen LogP contribution in [0.2, 0.25) is 0 Å². The van der Waals surface area contributed by atoms with Crippen LogP contribution in [0.4, 0.5) is 0 Å². The molecule has 0 saturated heterocycles. The molecule has 0 saturated carbocycles. The van der Waals surface area contributed by atoms with Crippen LogP contribution in [0, 0.1) is 0 Å². The van der Waals surface area contributed by atoms with Crippen LogP contribution in [0.3, 0.4) is 0 Å². The zero-order valence-corrected chi connectivity index (χ0v) is 46.8. The van der Waals surface area contributed by atoms with E-state index in [9.17, 15) is 14.4 Å². The van der Waals surface area contributed by atoms with Crippen molar-refractivity contribution in [2.24, 2.45) is 0 Å². The van der Waals surface area contributed by atoms with Crippen molar-refractivity contribution in [3.05, 3.63) is 146 Å². The van der Waals surface area contributed by atoms with E-state index in [2.05, 4.69) is 167 Å². The van der Waals surface area contributed by atoms with Crippen molar-refractivity contribution < 1.29 is 28.6 Å². The minimum Gasteiger partial charge on any atom is -0.462 e. The summed E-state index contributed by atoms with van der Waals surface area (Å²) in [6, 6.07) is 0. The van der Waals surface area contributed by atoms with E-state index in [1.165, 1.54) is 51.4 Å². The molecule has 0 aromatic carbocycles. The molecular weight excluding hydrogens is 901 g/mol. The van der Waals surface area contributed by atoms with Gasteiger partial charge in [-0.05, 0) is 141 Å². The molecule has 0 radical (unpaired) electrons. The van der Waals surface area contributed by atoms with Crippen LogP contribution < -0.4 is 0 Å². The minimum atomic E-state index is -0.820. The largest absolute Gasteiger partial charge is 0.462 e. The lowest BCUT2D eigenvalue weighted by molar-refractivity contribution is -0.167. The van der Waals surface area contributed by atoms with Crippen LogP contribution in [0.15, 0.2) is 146 Å². The first-order valence-corrected chi connectivity index (χ1v) is 29.3. The summed E-state index contributed by atoms with van der Waals surface area (Å²) in [6.07, 6.45) is 85.4. The second-order valence-electron chi connectivity index (χ2n) is 18.8. The van der Waals surface area contributed by atoms with Crippen LogP contribution in [-0.2, 0) is 28.6 Å². The molecule has 0 unspecified atom stereocenters. The van der Waals surface area contributed by atoms with Crippen molar-refractivity contribution in [3.63, 3.8) is 0 Å². The zero-order valence-electron chi connectivity index (χ0n) is 46.8. The van der Waals surface area contributed by atoms with E-state index >= 15 is 0 Å². The Balaban J connectivity index is 4.56. The van der Waals surface area contributed by atoms with Crippen LogP contribution in [0.1, 0.15) is 239 Å². The molecule has 0 heterocycles. The number of unbranched alkanes of at least 4 members (excludes halogenated alkanes) is 16. The van der Waals surface area contributed by atoms with Gasteiger partial charge in [0.2, 0.25) is 0 Å². The van der Waals surface area contributed by atoms with Crippen molar-refractivity contribution in [1.29, 1.82) is 0 Å². The SMILES string of the molecule is CC/C=C/C/C=C/C/C=C/C/C=C/C/C=C/CCCCCC(=O)OC[C@@H](COC(=O)CCCCCCCCC/C=C/C/C=C/CCCCC)OC(=O)CCCCC/C=C/C/C=C/C/C=C/C/C=C/C/C=C/CC. The highest BCUT2D eigenvalue weighted by molar-refractivity contribution is 5.71. The number of ether oxygens (including phenoxy) is 3. The molecule has 0 aliphatic rings. The molecule has 0 aromatic rings. The number of esters is 3. The van der Waals surface area contributed by atoms with Gasteiger partial charge in [0.1, 0.15) is 13.2 Å². The number of rotatable bonds is 51. The summed E-state index contributed by atoms with van der Waals surface area (Å²) in [6.45, 7) is 6.32. The zero-order chi connectivity index (χ0) is 52.9. The van der Waals surface area contributed by atoms with E-state index in [0.717, 1.165) is 141 Å².